The molecule has 6 rings (SSSR count). The van der Waals surface area contributed by atoms with Crippen molar-refractivity contribution in [3.8, 4) is 17.4 Å². The number of nitrogens with zero attached hydrogens (tertiary/aromatic N) is 3. The van der Waals surface area contributed by atoms with Crippen LogP contribution in [-0.2, 0) is 0 Å². The van der Waals surface area contributed by atoms with Crippen molar-refractivity contribution in [3.05, 3.63) is 83.2 Å². The maximum absolute atomic E-state index is 12.1. The molecule has 9 heteroatoms. The molecule has 0 spiro atoms. The second-order valence-corrected chi connectivity index (χ2v) is 8.22. The lowest BCUT2D eigenvalue weighted by molar-refractivity contribution is 0.463. The van der Waals surface area contributed by atoms with Crippen molar-refractivity contribution in [2.75, 3.05) is 5.32 Å². The number of para-hydroxylation sites is 2. The van der Waals surface area contributed by atoms with Gasteiger partial charge in [-0.2, -0.15) is 4.98 Å². The largest absolute Gasteiger partial charge is 0.508 e. The van der Waals surface area contributed by atoms with Crippen LogP contribution in [0.2, 0.25) is 0 Å². The SMILES string of the molecule is O=c1cc(Oc2nc(Nc3nc4ccc(O)cc4s3)nc3ccccc23)c2ccccc2o1. The molecule has 0 aliphatic rings. The van der Waals surface area contributed by atoms with E-state index >= 15 is 0 Å². The van der Waals surface area contributed by atoms with Gasteiger partial charge in [-0.25, -0.2) is 14.8 Å². The molecule has 0 amide bonds. The lowest BCUT2D eigenvalue weighted by Gasteiger charge is -2.11. The van der Waals surface area contributed by atoms with Crippen LogP contribution in [0.25, 0.3) is 32.1 Å². The molecule has 0 unspecified atom stereocenters. The van der Waals surface area contributed by atoms with Gasteiger partial charge < -0.3 is 14.3 Å². The molecule has 3 aromatic carbocycles. The van der Waals surface area contributed by atoms with Gasteiger partial charge in [0, 0.05) is 0 Å². The summed E-state index contributed by atoms with van der Waals surface area (Å²) < 4.78 is 12.2. The van der Waals surface area contributed by atoms with Crippen molar-refractivity contribution in [2.24, 2.45) is 0 Å². The Labute approximate surface area is 189 Å². The van der Waals surface area contributed by atoms with Gasteiger partial charge in [-0.1, -0.05) is 35.6 Å². The first kappa shape index (κ1) is 19.2. The van der Waals surface area contributed by atoms with E-state index < -0.39 is 5.63 Å². The van der Waals surface area contributed by atoms with Crippen LogP contribution >= 0.6 is 11.3 Å². The highest BCUT2D eigenvalue weighted by molar-refractivity contribution is 7.22. The summed E-state index contributed by atoms with van der Waals surface area (Å²) in [6, 6.07) is 20.9. The smallest absolute Gasteiger partial charge is 0.339 e. The second kappa shape index (κ2) is 7.57. The summed E-state index contributed by atoms with van der Waals surface area (Å²) in [4.78, 5) is 25.7. The van der Waals surface area contributed by atoms with E-state index in [1.807, 2.05) is 36.4 Å². The van der Waals surface area contributed by atoms with Gasteiger partial charge in [0.25, 0.3) is 0 Å². The number of thiazole rings is 1. The zero-order valence-electron chi connectivity index (χ0n) is 16.9. The van der Waals surface area contributed by atoms with Gasteiger partial charge in [0.2, 0.25) is 11.8 Å². The van der Waals surface area contributed by atoms with E-state index in [0.717, 1.165) is 10.2 Å². The van der Waals surface area contributed by atoms with Gasteiger partial charge in [-0.3, -0.25) is 5.32 Å². The Balaban J connectivity index is 1.45. The summed E-state index contributed by atoms with van der Waals surface area (Å²) in [6.07, 6.45) is 0. The molecule has 160 valence electrons. The maximum atomic E-state index is 12.1. The number of ether oxygens (including phenoxy) is 1. The van der Waals surface area contributed by atoms with Crippen LogP contribution in [0.15, 0.2) is 82.0 Å². The third-order valence-corrected chi connectivity index (χ3v) is 5.91. The van der Waals surface area contributed by atoms with E-state index in [2.05, 4.69) is 20.3 Å². The highest BCUT2D eigenvalue weighted by Gasteiger charge is 2.14. The van der Waals surface area contributed by atoms with Gasteiger partial charge in [0.05, 0.1) is 32.6 Å². The molecule has 8 nitrogen and oxygen atoms in total. The van der Waals surface area contributed by atoms with E-state index in [-0.39, 0.29) is 11.6 Å². The van der Waals surface area contributed by atoms with Gasteiger partial charge >= 0.3 is 5.63 Å². The van der Waals surface area contributed by atoms with Crippen LogP contribution < -0.4 is 15.7 Å². The Bertz CT molecular complexity index is 1730. The third kappa shape index (κ3) is 3.60. The summed E-state index contributed by atoms with van der Waals surface area (Å²) in [5, 5.41) is 14.7. The number of nitrogens with one attached hydrogen (secondary N) is 1. The molecule has 0 aliphatic heterocycles. The summed E-state index contributed by atoms with van der Waals surface area (Å²) in [5.74, 6) is 1.10. The Morgan fingerprint density at radius 3 is 2.61 bits per heavy atom. The van der Waals surface area contributed by atoms with Crippen molar-refractivity contribution >= 4 is 54.5 Å². The minimum Gasteiger partial charge on any atom is -0.508 e. The van der Waals surface area contributed by atoms with Crippen molar-refractivity contribution < 1.29 is 14.3 Å². The summed E-state index contributed by atoms with van der Waals surface area (Å²) >= 11 is 1.37. The van der Waals surface area contributed by atoms with Gasteiger partial charge in [0.1, 0.15) is 17.1 Å². The molecule has 0 saturated carbocycles. The van der Waals surface area contributed by atoms with E-state index in [4.69, 9.17) is 9.15 Å². The minimum atomic E-state index is -0.516. The van der Waals surface area contributed by atoms with Crippen LogP contribution in [0, 0.1) is 0 Å². The number of aromatic nitrogens is 3. The van der Waals surface area contributed by atoms with E-state index in [1.165, 1.54) is 17.4 Å². The molecule has 0 saturated heterocycles. The molecule has 0 radical (unpaired) electrons. The van der Waals surface area contributed by atoms with Crippen molar-refractivity contribution in [2.45, 2.75) is 0 Å². The molecule has 0 fully saturated rings. The predicted octanol–water partition coefficient (Wildman–Crippen LogP) is 5.59. The molecule has 0 bridgehead atoms. The number of rotatable bonds is 4. The van der Waals surface area contributed by atoms with Crippen LogP contribution in [-0.4, -0.2) is 20.1 Å². The van der Waals surface area contributed by atoms with Crippen molar-refractivity contribution in [1.82, 2.24) is 15.0 Å². The monoisotopic (exact) mass is 454 g/mol. The number of phenols is 1. The first-order valence-corrected chi connectivity index (χ1v) is 10.8. The molecular formula is C24H14N4O4S. The van der Waals surface area contributed by atoms with Gasteiger partial charge in [-0.05, 0) is 42.5 Å². The molecule has 0 aliphatic carbocycles. The number of hydrogen-bond acceptors (Lipinski definition) is 9. The van der Waals surface area contributed by atoms with Crippen LogP contribution in [0.4, 0.5) is 11.1 Å². The second-order valence-electron chi connectivity index (χ2n) is 7.19. The Kier molecular flexibility index (Phi) is 4.41. The average Bonchev–Trinajstić information content (AvgIpc) is 3.20. The fraction of sp³-hybridized carbons (Fsp3) is 0. The van der Waals surface area contributed by atoms with Crippen molar-refractivity contribution in [3.63, 3.8) is 0 Å². The zero-order valence-corrected chi connectivity index (χ0v) is 17.7. The first-order valence-electron chi connectivity index (χ1n) is 9.96. The van der Waals surface area contributed by atoms with E-state index in [9.17, 15) is 9.90 Å². The quantitative estimate of drug-likeness (QED) is 0.332. The molecular weight excluding hydrogens is 440 g/mol. The Morgan fingerprint density at radius 2 is 1.70 bits per heavy atom. The maximum Gasteiger partial charge on any atom is 0.339 e. The Morgan fingerprint density at radius 1 is 0.879 bits per heavy atom. The number of anilines is 2. The number of phenolic OH excluding ortho intramolecular Hbond substituents is 1. The highest BCUT2D eigenvalue weighted by Crippen LogP contribution is 2.34. The number of fused-ring (bicyclic) bond motifs is 3. The van der Waals surface area contributed by atoms with Crippen LogP contribution in [0.3, 0.4) is 0 Å². The fourth-order valence-corrected chi connectivity index (χ4v) is 4.41. The van der Waals surface area contributed by atoms with Gasteiger partial charge in [0.15, 0.2) is 5.13 Å². The summed E-state index contributed by atoms with van der Waals surface area (Å²) in [7, 11) is 0. The van der Waals surface area contributed by atoms with Crippen LogP contribution in [0.1, 0.15) is 0 Å². The standard InChI is InChI=1S/C24H14N4O4S/c29-13-9-10-17-20(11-13)33-24(26-17)28-23-25-16-7-3-1-5-14(16)22(27-23)32-19-12-21(30)31-18-8-4-2-6-15(18)19/h1-12,29H,(H,25,26,27,28). The summed E-state index contributed by atoms with van der Waals surface area (Å²) in [5.41, 5.74) is 1.32. The average molecular weight is 454 g/mol. The van der Waals surface area contributed by atoms with E-state index in [1.54, 1.807) is 30.3 Å². The molecule has 6 aromatic rings. The normalized spacial score (nSPS) is 11.3. The van der Waals surface area contributed by atoms with E-state index in [0.29, 0.717) is 38.7 Å². The topological polar surface area (TPSA) is 110 Å². The molecule has 3 heterocycles. The third-order valence-electron chi connectivity index (χ3n) is 4.98. The minimum absolute atomic E-state index is 0.176. The molecule has 33 heavy (non-hydrogen) atoms. The number of aromatic hydroxyl groups is 1. The first-order chi connectivity index (χ1) is 16.1. The van der Waals surface area contributed by atoms with Crippen LogP contribution in [0.5, 0.6) is 17.4 Å². The number of benzene rings is 3. The highest BCUT2D eigenvalue weighted by atomic mass is 32.1. The van der Waals surface area contributed by atoms with Gasteiger partial charge in [-0.15, -0.1) is 0 Å². The Hall–Kier alpha value is -4.50. The van der Waals surface area contributed by atoms with Crippen molar-refractivity contribution in [1.29, 1.82) is 0 Å². The lowest BCUT2D eigenvalue weighted by Crippen LogP contribution is -2.02. The predicted molar refractivity (Wildman–Crippen MR) is 127 cm³/mol. The molecule has 3 aromatic heterocycles. The zero-order chi connectivity index (χ0) is 22.4. The molecule has 2 N–H and O–H groups in total. The fourth-order valence-electron chi connectivity index (χ4n) is 3.51. The summed E-state index contributed by atoms with van der Waals surface area (Å²) in [6.45, 7) is 0. The number of hydrogen-bond donors (Lipinski definition) is 2. The molecule has 0 atom stereocenters. The lowest BCUT2D eigenvalue weighted by atomic mass is 10.2.